The van der Waals surface area contributed by atoms with Crippen molar-refractivity contribution in [1.82, 2.24) is 10.2 Å². The van der Waals surface area contributed by atoms with Gasteiger partial charge in [-0.1, -0.05) is 35.6 Å². The molecule has 1 unspecified atom stereocenters. The number of phenolic OH excluding ortho intramolecular Hbond substituents is 1. The van der Waals surface area contributed by atoms with Gasteiger partial charge in [-0.15, -0.1) is 10.2 Å². The number of aromatic hydroxyl groups is 1. The molecule has 0 aliphatic carbocycles. The van der Waals surface area contributed by atoms with Crippen LogP contribution in [-0.4, -0.2) is 39.2 Å². The molecule has 33 heavy (non-hydrogen) atoms. The van der Waals surface area contributed by atoms with Gasteiger partial charge in [-0.2, -0.15) is 0 Å². The summed E-state index contributed by atoms with van der Waals surface area (Å²) in [5.74, 6) is -1.85. The maximum Gasteiger partial charge on any atom is 0.296 e. The fourth-order valence-corrected chi connectivity index (χ4v) is 4.58. The quantitative estimate of drug-likeness (QED) is 0.424. The maximum atomic E-state index is 13.6. The van der Waals surface area contributed by atoms with E-state index in [0.717, 1.165) is 11.3 Å². The Morgan fingerprint density at radius 1 is 1.15 bits per heavy atom. The first-order valence-electron chi connectivity index (χ1n) is 9.86. The smallest absolute Gasteiger partial charge is 0.296 e. The van der Waals surface area contributed by atoms with Crippen LogP contribution in [0.4, 0.5) is 5.13 Å². The van der Waals surface area contributed by atoms with E-state index in [0.29, 0.717) is 27.3 Å². The molecule has 1 aliphatic rings. The first-order valence-corrected chi connectivity index (χ1v) is 10.7. The highest BCUT2D eigenvalue weighted by atomic mass is 32.1. The maximum absolute atomic E-state index is 13.6. The third kappa shape index (κ3) is 3.31. The summed E-state index contributed by atoms with van der Waals surface area (Å²) in [5, 5.41) is 30.3. The van der Waals surface area contributed by atoms with Crippen molar-refractivity contribution >= 4 is 39.1 Å². The average Bonchev–Trinajstić information content (AvgIpc) is 3.49. The molecule has 166 valence electrons. The second-order valence-corrected chi connectivity index (χ2v) is 8.52. The van der Waals surface area contributed by atoms with Crippen molar-refractivity contribution in [2.45, 2.75) is 13.0 Å². The number of aromatic nitrogens is 2. The number of ether oxygens (including phenoxy) is 1. The zero-order chi connectivity index (χ0) is 23.3. The predicted molar refractivity (Wildman–Crippen MR) is 120 cm³/mol. The van der Waals surface area contributed by atoms with Crippen molar-refractivity contribution in [3.8, 4) is 11.5 Å². The Bertz CT molecular complexity index is 1450. The van der Waals surface area contributed by atoms with E-state index >= 15 is 0 Å². The Kier molecular flexibility index (Phi) is 4.86. The van der Waals surface area contributed by atoms with E-state index < -0.39 is 23.5 Å². The number of benzene rings is 2. The number of Topliss-reactive ketones (excluding diaryl/α,β-unsaturated/α-hetero) is 1. The fourth-order valence-electron chi connectivity index (χ4n) is 3.87. The topological polar surface area (TPSA) is 126 Å². The first kappa shape index (κ1) is 20.7. The van der Waals surface area contributed by atoms with Gasteiger partial charge in [-0.05, 0) is 36.8 Å². The van der Waals surface area contributed by atoms with Crippen LogP contribution < -0.4 is 9.64 Å². The number of aryl methyl sites for hydroxylation is 1. The fraction of sp³-hybridized carbons (Fsp3) is 0.130. The van der Waals surface area contributed by atoms with Crippen LogP contribution in [0.25, 0.3) is 11.0 Å². The minimum Gasteiger partial charge on any atom is -0.508 e. The lowest BCUT2D eigenvalue weighted by molar-refractivity contribution is -0.117. The van der Waals surface area contributed by atoms with Crippen molar-refractivity contribution in [2.75, 3.05) is 12.0 Å². The number of nitrogens with zero attached hydrogens (tertiary/aromatic N) is 3. The standard InChI is InChI=1S/C23H17N3O6S/c1-11-24-25-23(33-11)26-18(12-5-3-7-14(27)9-12)17(20(29)22(26)30)19(28)16-10-13-6-4-8-15(31-2)21(13)32-16/h3-10,18,27,29H,1-2H3. The Balaban J connectivity index is 1.67. The van der Waals surface area contributed by atoms with Crippen molar-refractivity contribution in [2.24, 2.45) is 0 Å². The van der Waals surface area contributed by atoms with Crippen LogP contribution in [0.5, 0.6) is 11.5 Å². The summed E-state index contributed by atoms with van der Waals surface area (Å²) in [6, 6.07) is 11.8. The number of carbonyl (C=O) groups excluding carboxylic acids is 2. The van der Waals surface area contributed by atoms with Crippen LogP contribution >= 0.6 is 11.3 Å². The summed E-state index contributed by atoms with van der Waals surface area (Å²) in [5.41, 5.74) is 0.604. The lowest BCUT2D eigenvalue weighted by atomic mass is 9.95. The molecule has 4 aromatic rings. The number of methoxy groups -OCH3 is 1. The number of ketones is 1. The highest BCUT2D eigenvalue weighted by Crippen LogP contribution is 2.44. The third-order valence-electron chi connectivity index (χ3n) is 5.31. The van der Waals surface area contributed by atoms with Crippen LogP contribution in [0.15, 0.2) is 64.3 Å². The SMILES string of the molecule is COc1cccc2cc(C(=O)C3=C(O)C(=O)N(c4nnc(C)s4)C3c3cccc(O)c3)oc12. The van der Waals surface area contributed by atoms with Crippen LogP contribution in [0.1, 0.15) is 27.2 Å². The average molecular weight is 463 g/mol. The largest absolute Gasteiger partial charge is 0.508 e. The summed E-state index contributed by atoms with van der Waals surface area (Å²) < 4.78 is 11.1. The normalized spacial score (nSPS) is 16.1. The van der Waals surface area contributed by atoms with Gasteiger partial charge in [0.15, 0.2) is 22.9 Å². The molecule has 0 fully saturated rings. The number of rotatable bonds is 5. The van der Waals surface area contributed by atoms with E-state index in [1.54, 1.807) is 37.3 Å². The molecule has 1 aliphatic heterocycles. The lowest BCUT2D eigenvalue weighted by Gasteiger charge is -2.23. The van der Waals surface area contributed by atoms with Gasteiger partial charge < -0.3 is 19.4 Å². The second-order valence-electron chi connectivity index (χ2n) is 7.36. The van der Waals surface area contributed by atoms with Gasteiger partial charge in [0.1, 0.15) is 10.8 Å². The summed E-state index contributed by atoms with van der Waals surface area (Å²) in [7, 11) is 1.49. The first-order chi connectivity index (χ1) is 15.9. The van der Waals surface area contributed by atoms with Gasteiger partial charge in [0.2, 0.25) is 10.9 Å². The molecule has 2 aromatic heterocycles. The number of carbonyl (C=O) groups is 2. The molecule has 2 aromatic carbocycles. The monoisotopic (exact) mass is 463 g/mol. The molecule has 1 atom stereocenters. The molecule has 10 heteroatoms. The molecular formula is C23H17N3O6S. The van der Waals surface area contributed by atoms with Crippen LogP contribution in [0.3, 0.4) is 0 Å². The highest BCUT2D eigenvalue weighted by Gasteiger charge is 2.46. The van der Waals surface area contributed by atoms with Crippen LogP contribution in [0, 0.1) is 6.92 Å². The number of hydrogen-bond donors (Lipinski definition) is 2. The molecular weight excluding hydrogens is 446 g/mol. The molecule has 0 saturated heterocycles. The molecule has 1 amide bonds. The number of para-hydroxylation sites is 1. The van der Waals surface area contributed by atoms with Crippen LogP contribution in [0.2, 0.25) is 0 Å². The molecule has 5 rings (SSSR count). The van der Waals surface area contributed by atoms with Gasteiger partial charge in [-0.25, -0.2) is 0 Å². The van der Waals surface area contributed by atoms with Crippen molar-refractivity contribution in [3.63, 3.8) is 0 Å². The molecule has 3 heterocycles. The molecule has 9 nitrogen and oxygen atoms in total. The van der Waals surface area contributed by atoms with Gasteiger partial charge in [0.25, 0.3) is 5.91 Å². The van der Waals surface area contributed by atoms with Gasteiger partial charge in [-0.3, -0.25) is 14.5 Å². The van der Waals surface area contributed by atoms with Gasteiger partial charge in [0, 0.05) is 5.39 Å². The molecule has 0 spiro atoms. The summed E-state index contributed by atoms with van der Waals surface area (Å²) >= 11 is 1.14. The van der Waals surface area contributed by atoms with Crippen molar-refractivity contribution in [1.29, 1.82) is 0 Å². The summed E-state index contributed by atoms with van der Waals surface area (Å²) in [4.78, 5) is 27.9. The predicted octanol–water partition coefficient (Wildman–Crippen LogP) is 4.09. The van der Waals surface area contributed by atoms with E-state index in [9.17, 15) is 19.8 Å². The zero-order valence-electron chi connectivity index (χ0n) is 17.5. The Morgan fingerprint density at radius 2 is 1.94 bits per heavy atom. The van der Waals surface area contributed by atoms with Crippen molar-refractivity contribution < 1.29 is 29.0 Å². The number of phenols is 1. The van der Waals surface area contributed by atoms with Gasteiger partial charge in [0.05, 0.1) is 18.7 Å². The van der Waals surface area contributed by atoms with E-state index in [1.807, 2.05) is 0 Å². The number of fused-ring (bicyclic) bond motifs is 1. The number of furan rings is 1. The van der Waals surface area contributed by atoms with Crippen molar-refractivity contribution in [3.05, 3.63) is 76.2 Å². The lowest BCUT2D eigenvalue weighted by Crippen LogP contribution is -2.31. The molecule has 0 bridgehead atoms. The molecule has 0 radical (unpaired) electrons. The zero-order valence-corrected chi connectivity index (χ0v) is 18.3. The molecule has 2 N–H and O–H groups in total. The summed E-state index contributed by atoms with van der Waals surface area (Å²) in [6.45, 7) is 1.73. The highest BCUT2D eigenvalue weighted by molar-refractivity contribution is 7.15. The number of anilines is 1. The number of aliphatic hydroxyl groups is 1. The number of aliphatic hydroxyl groups excluding tert-OH is 1. The van der Waals surface area contributed by atoms with Crippen LogP contribution in [-0.2, 0) is 4.79 Å². The Labute approximate surface area is 191 Å². The van der Waals surface area contributed by atoms with E-state index in [2.05, 4.69) is 10.2 Å². The van der Waals surface area contributed by atoms with E-state index in [1.165, 1.54) is 30.2 Å². The second kappa shape index (κ2) is 7.75. The third-order valence-corrected chi connectivity index (χ3v) is 6.15. The minimum atomic E-state index is -1.04. The Hall–Kier alpha value is -4.18. The molecule has 0 saturated carbocycles. The van der Waals surface area contributed by atoms with E-state index in [-0.39, 0.29) is 22.2 Å². The van der Waals surface area contributed by atoms with E-state index in [4.69, 9.17) is 9.15 Å². The Morgan fingerprint density at radius 3 is 2.64 bits per heavy atom. The minimum absolute atomic E-state index is 0.0556. The summed E-state index contributed by atoms with van der Waals surface area (Å²) in [6.07, 6.45) is 0. The number of amides is 1. The number of hydrogen-bond acceptors (Lipinski definition) is 9. The van der Waals surface area contributed by atoms with Gasteiger partial charge >= 0.3 is 0 Å².